The largest absolute Gasteiger partial charge is 0.340 e. The highest BCUT2D eigenvalue weighted by Gasteiger charge is 2.35. The van der Waals surface area contributed by atoms with E-state index in [4.69, 9.17) is 0 Å². The van der Waals surface area contributed by atoms with Crippen LogP contribution in [0.1, 0.15) is 84.0 Å². The molecular formula is C96H84N4. The molecular weight excluding hydrogens is 1210 g/mol. The van der Waals surface area contributed by atoms with Gasteiger partial charge in [0.25, 0.3) is 0 Å². The highest BCUT2D eigenvalue weighted by Crippen LogP contribution is 2.49. The molecule has 6 aliphatic rings. The van der Waals surface area contributed by atoms with E-state index in [1.165, 1.54) is 72.8 Å². The van der Waals surface area contributed by atoms with Crippen molar-refractivity contribution in [3.8, 4) is 16.8 Å². The third kappa shape index (κ3) is 14.4. The summed E-state index contributed by atoms with van der Waals surface area (Å²) >= 11 is 0. The van der Waals surface area contributed by atoms with Gasteiger partial charge in [-0.1, -0.05) is 287 Å². The van der Waals surface area contributed by atoms with Gasteiger partial charge in [0.2, 0.25) is 0 Å². The fourth-order valence-electron chi connectivity index (χ4n) is 14.5. The van der Waals surface area contributed by atoms with E-state index in [1.54, 1.807) is 0 Å². The van der Waals surface area contributed by atoms with Gasteiger partial charge in [-0.25, -0.2) is 0 Å². The minimum Gasteiger partial charge on any atom is -0.340 e. The number of hydrogen-bond acceptors (Lipinski definition) is 3. The highest BCUT2D eigenvalue weighted by molar-refractivity contribution is 5.93. The van der Waals surface area contributed by atoms with E-state index in [0.29, 0.717) is 5.92 Å². The number of hydrogen-bond donors (Lipinski definition) is 0. The lowest BCUT2D eigenvalue weighted by atomic mass is 9.88. The highest BCUT2D eigenvalue weighted by atomic mass is 15.2. The molecule has 8 aromatic rings. The Labute approximate surface area is 592 Å². The maximum Gasteiger partial charge on any atom is 0.0617 e. The summed E-state index contributed by atoms with van der Waals surface area (Å²) in [5.41, 5.74) is 26.0. The lowest BCUT2D eigenvalue weighted by molar-refractivity contribution is 0.653. The first-order valence-electron chi connectivity index (χ1n) is 35.2. The molecule has 488 valence electrons. The number of aromatic nitrogens is 1. The molecule has 100 heavy (non-hydrogen) atoms. The fraction of sp³-hybridized carbons (Fsp3) is 0.104. The first-order chi connectivity index (χ1) is 49.4. The van der Waals surface area contributed by atoms with Gasteiger partial charge in [0.05, 0.1) is 11.6 Å². The van der Waals surface area contributed by atoms with Gasteiger partial charge in [0.1, 0.15) is 0 Å². The van der Waals surface area contributed by atoms with E-state index in [1.807, 2.05) is 36.4 Å². The zero-order valence-corrected chi connectivity index (χ0v) is 57.0. The summed E-state index contributed by atoms with van der Waals surface area (Å²) in [4.78, 5) is 7.07. The van der Waals surface area contributed by atoms with Gasteiger partial charge in [-0.2, -0.15) is 0 Å². The Balaban J connectivity index is 0.747. The van der Waals surface area contributed by atoms with Gasteiger partial charge < -0.3 is 19.3 Å². The van der Waals surface area contributed by atoms with Crippen molar-refractivity contribution < 1.29 is 0 Å². The molecule has 0 saturated heterocycles. The molecule has 1 aromatic heterocycles. The van der Waals surface area contributed by atoms with Crippen LogP contribution in [0.2, 0.25) is 0 Å². The molecule has 14 rings (SSSR count). The molecule has 3 atom stereocenters. The Kier molecular flexibility index (Phi) is 20.3. The van der Waals surface area contributed by atoms with Crippen molar-refractivity contribution in [2.75, 3.05) is 14.7 Å². The van der Waals surface area contributed by atoms with Gasteiger partial charge in [-0.15, -0.1) is 0 Å². The lowest BCUT2D eigenvalue weighted by Crippen LogP contribution is -2.35. The first-order valence-corrected chi connectivity index (χ1v) is 35.2. The van der Waals surface area contributed by atoms with Crippen LogP contribution in [0.3, 0.4) is 0 Å². The number of para-hydroxylation sites is 2. The maximum atomic E-state index is 4.32. The van der Waals surface area contributed by atoms with Gasteiger partial charge in [-0.05, 0) is 197 Å². The first kappa shape index (κ1) is 65.3. The number of benzene rings is 7. The van der Waals surface area contributed by atoms with E-state index in [0.717, 1.165) is 94.6 Å². The Morgan fingerprint density at radius 1 is 0.600 bits per heavy atom. The predicted octanol–water partition coefficient (Wildman–Crippen LogP) is 24.8. The number of allylic oxidation sites excluding steroid dienone is 30. The van der Waals surface area contributed by atoms with Crippen molar-refractivity contribution in [3.63, 3.8) is 0 Å². The zero-order valence-electron chi connectivity index (χ0n) is 57.0. The lowest BCUT2D eigenvalue weighted by Gasteiger charge is -2.34. The quantitative estimate of drug-likeness (QED) is 0.0667. The van der Waals surface area contributed by atoms with Crippen molar-refractivity contribution in [3.05, 3.63) is 439 Å². The van der Waals surface area contributed by atoms with Crippen LogP contribution in [0.4, 0.5) is 17.1 Å². The van der Waals surface area contributed by atoms with Crippen molar-refractivity contribution in [2.24, 2.45) is 5.92 Å². The van der Waals surface area contributed by atoms with Crippen molar-refractivity contribution in [1.29, 1.82) is 0 Å². The summed E-state index contributed by atoms with van der Waals surface area (Å²) < 4.78 is 2.47. The normalized spacial score (nSPS) is 19.5. The van der Waals surface area contributed by atoms with E-state index in [9.17, 15) is 0 Å². The minimum atomic E-state index is 0.0229. The molecule has 3 unspecified atom stereocenters. The number of nitrogens with zero attached hydrogens (tertiary/aromatic N) is 4. The number of rotatable bonds is 21. The minimum absolute atomic E-state index is 0.0229. The summed E-state index contributed by atoms with van der Waals surface area (Å²) in [7, 11) is 0. The molecule has 7 aromatic carbocycles. The Bertz CT molecular complexity index is 4980. The van der Waals surface area contributed by atoms with Crippen molar-refractivity contribution in [1.82, 2.24) is 4.57 Å². The van der Waals surface area contributed by atoms with Crippen LogP contribution < -0.4 is 14.7 Å². The van der Waals surface area contributed by atoms with Gasteiger partial charge in [0, 0.05) is 80.7 Å². The van der Waals surface area contributed by atoms with Crippen LogP contribution in [-0.2, 0) is 6.42 Å². The Morgan fingerprint density at radius 3 is 2.14 bits per heavy atom. The second-order valence-corrected chi connectivity index (χ2v) is 25.8. The van der Waals surface area contributed by atoms with E-state index >= 15 is 0 Å². The Morgan fingerprint density at radius 2 is 1.35 bits per heavy atom. The fourth-order valence-corrected chi connectivity index (χ4v) is 14.5. The zero-order chi connectivity index (χ0) is 68.0. The second kappa shape index (κ2) is 31.0. The standard InChI is InChI=1S/C96H84N4/c1-5-71(30-23-32-72-28-11-9-12-29-72)31-24-38-83(7-3)97(68-26-36-74(6-2)77-49-51-78(52-50-77)75-34-13-10-14-35-75)85-61-55-80(56-62-85)81-57-63-86(64-58-81)98-69-27-37-76(79-59-65-87(66-60-79)100-95-46-21-17-42-90(95)91-43-18-22-47-96(91)100)53-54-82-70-73(48-67-92(82)98)33-25-39-84(8-4)99-93-44-19-15-40-88(93)89-41-16-20-45-94(89)99/h5-9,11-13,15-21,23-32,34-40,42-46,48-70,82,89,92H,1-3,10,14,22,33,41,47H2,4H3/b31-24+,32-23+,39-25-,54-53+,68-26+,69-27+,71-30+,74-36+,76-37+,83-38+,84-8+. The van der Waals surface area contributed by atoms with Gasteiger partial charge >= 0.3 is 0 Å². The molecule has 0 radical (unpaired) electrons. The Hall–Kier alpha value is -12.0. The molecule has 0 saturated carbocycles. The molecule has 4 nitrogen and oxygen atoms in total. The number of anilines is 3. The summed E-state index contributed by atoms with van der Waals surface area (Å²) in [6.07, 6.45) is 74.4. The predicted molar refractivity (Wildman–Crippen MR) is 431 cm³/mol. The average Bonchev–Trinajstić information content (AvgIpc) is 1.61. The van der Waals surface area contributed by atoms with Crippen LogP contribution >= 0.6 is 0 Å². The third-order valence-corrected chi connectivity index (χ3v) is 19.7. The molecule has 0 N–H and O–H groups in total. The molecule has 4 heteroatoms. The second-order valence-electron chi connectivity index (χ2n) is 25.8. The summed E-state index contributed by atoms with van der Waals surface area (Å²) in [6.45, 7) is 14.8. The summed E-state index contributed by atoms with van der Waals surface area (Å²) in [6, 6.07) is 63.9. The summed E-state index contributed by atoms with van der Waals surface area (Å²) in [5.74, 6) is 0.450. The third-order valence-electron chi connectivity index (χ3n) is 19.7. The van der Waals surface area contributed by atoms with Gasteiger partial charge in [0.15, 0.2) is 0 Å². The monoisotopic (exact) mass is 1290 g/mol. The van der Waals surface area contributed by atoms with E-state index in [2.05, 4.69) is 374 Å². The van der Waals surface area contributed by atoms with Crippen LogP contribution in [0, 0.1) is 5.92 Å². The molecule has 3 heterocycles. The number of fused-ring (bicyclic) bond motifs is 7. The maximum absolute atomic E-state index is 4.32. The molecule has 2 aliphatic heterocycles. The van der Waals surface area contributed by atoms with Crippen LogP contribution in [0.25, 0.3) is 56.6 Å². The van der Waals surface area contributed by atoms with Crippen LogP contribution in [0.15, 0.2) is 400 Å². The molecule has 0 spiro atoms. The molecule has 0 fully saturated rings. The van der Waals surface area contributed by atoms with Crippen LogP contribution in [0.5, 0.6) is 0 Å². The van der Waals surface area contributed by atoms with Gasteiger partial charge in [-0.3, -0.25) is 0 Å². The summed E-state index contributed by atoms with van der Waals surface area (Å²) in [5, 5.41) is 1.31. The molecule has 0 bridgehead atoms. The van der Waals surface area contributed by atoms with E-state index < -0.39 is 0 Å². The van der Waals surface area contributed by atoms with Crippen molar-refractivity contribution in [2.45, 2.75) is 57.4 Å². The average molecular weight is 1290 g/mol. The topological polar surface area (TPSA) is 14.7 Å². The molecule has 0 amide bonds. The SMILES string of the molecule is C=CC(/C=C/C=C(\C=C)N(/C=C/C=C(\C=C)c1ccc(C2=CCCC=C2)cc1)c1ccc(-c2ccc(N3/C=C/C=C(c4ccc(-n5c6c(c7ccccc75)C=CCC6)cc4)\C=C\C4C=C(C/C=C\C(=C/C)N5C6=CC=CCC6c6ccccc65)C=CC43)cc2)cc1)=C\C=C\c1ccccc1. The van der Waals surface area contributed by atoms with E-state index in [-0.39, 0.29) is 12.0 Å². The van der Waals surface area contributed by atoms with Crippen LogP contribution in [-0.4, -0.2) is 10.6 Å². The molecule has 4 aliphatic carbocycles. The van der Waals surface area contributed by atoms with Crippen molar-refractivity contribution >= 4 is 56.8 Å². The smallest absolute Gasteiger partial charge is 0.0617 e.